The molecule has 0 saturated heterocycles. The molecule has 0 aromatic heterocycles. The zero-order chi connectivity index (χ0) is 14.7. The lowest BCUT2D eigenvalue weighted by Gasteiger charge is -2.29. The Morgan fingerprint density at radius 3 is 2.40 bits per heavy atom. The summed E-state index contributed by atoms with van der Waals surface area (Å²) >= 11 is 0. The highest BCUT2D eigenvalue weighted by Crippen LogP contribution is 2.32. The van der Waals surface area contributed by atoms with Gasteiger partial charge in [0, 0.05) is 0 Å². The number of esters is 1. The zero-order valence-electron chi connectivity index (χ0n) is 10.7. The molecule has 6 heteroatoms. The van der Waals surface area contributed by atoms with Crippen molar-refractivity contribution in [1.82, 2.24) is 0 Å². The molecular formula is C14H15FO5. The van der Waals surface area contributed by atoms with E-state index in [2.05, 4.69) is 0 Å². The normalized spacial score (nSPS) is 26.0. The molecule has 0 aliphatic heterocycles. The third-order valence-electron chi connectivity index (χ3n) is 3.47. The zero-order valence-corrected chi connectivity index (χ0v) is 10.7. The molecule has 1 aromatic carbocycles. The summed E-state index contributed by atoms with van der Waals surface area (Å²) in [7, 11) is 0. The molecule has 108 valence electrons. The van der Waals surface area contributed by atoms with Gasteiger partial charge in [-0.25, -0.2) is 4.39 Å². The van der Waals surface area contributed by atoms with E-state index in [9.17, 15) is 19.1 Å². The third kappa shape index (κ3) is 3.33. The number of carboxylic acids is 1. The van der Waals surface area contributed by atoms with Crippen LogP contribution in [-0.4, -0.2) is 28.3 Å². The smallest absolute Gasteiger partial charge is 0.315 e. The van der Waals surface area contributed by atoms with E-state index in [0.717, 1.165) is 12.1 Å². The summed E-state index contributed by atoms with van der Waals surface area (Å²) in [5.74, 6) is -3.80. The maximum Gasteiger partial charge on any atom is 0.315 e. The number of carbonyl (C=O) groups excluding carboxylic acids is 1. The Hall–Kier alpha value is -1.95. The van der Waals surface area contributed by atoms with Crippen LogP contribution in [0.5, 0.6) is 5.75 Å². The van der Waals surface area contributed by atoms with Gasteiger partial charge in [-0.3, -0.25) is 9.59 Å². The molecule has 0 bridgehead atoms. The van der Waals surface area contributed by atoms with Gasteiger partial charge in [0.2, 0.25) is 0 Å². The van der Waals surface area contributed by atoms with Crippen LogP contribution in [0.25, 0.3) is 0 Å². The molecular weight excluding hydrogens is 267 g/mol. The molecule has 1 aliphatic rings. The fourth-order valence-corrected chi connectivity index (χ4v) is 2.40. The van der Waals surface area contributed by atoms with Crippen LogP contribution in [0.2, 0.25) is 0 Å². The maximum absolute atomic E-state index is 12.7. The second kappa shape index (κ2) is 6.00. The monoisotopic (exact) mass is 282 g/mol. The summed E-state index contributed by atoms with van der Waals surface area (Å²) in [6, 6.07) is 4.92. The van der Waals surface area contributed by atoms with E-state index in [1.54, 1.807) is 0 Å². The van der Waals surface area contributed by atoms with Crippen molar-refractivity contribution in [3.63, 3.8) is 0 Å². The number of benzene rings is 1. The summed E-state index contributed by atoms with van der Waals surface area (Å²) < 4.78 is 17.8. The second-order valence-corrected chi connectivity index (χ2v) is 4.89. The van der Waals surface area contributed by atoms with Crippen molar-refractivity contribution in [2.75, 3.05) is 0 Å². The van der Waals surface area contributed by atoms with E-state index in [1.165, 1.54) is 12.1 Å². The Kier molecular flexibility index (Phi) is 4.34. The van der Waals surface area contributed by atoms with Crippen molar-refractivity contribution in [3.8, 4) is 5.75 Å². The van der Waals surface area contributed by atoms with Gasteiger partial charge in [0.25, 0.3) is 0 Å². The van der Waals surface area contributed by atoms with Gasteiger partial charge >= 0.3 is 11.9 Å². The number of aliphatic hydroxyl groups excluding tert-OH is 1. The minimum Gasteiger partial charge on any atom is -0.481 e. The molecule has 2 rings (SSSR count). The molecule has 1 saturated carbocycles. The molecule has 1 aliphatic carbocycles. The molecule has 20 heavy (non-hydrogen) atoms. The number of aliphatic hydroxyl groups is 1. The quantitative estimate of drug-likeness (QED) is 0.649. The minimum atomic E-state index is -1.12. The van der Waals surface area contributed by atoms with E-state index >= 15 is 0 Å². The fourth-order valence-electron chi connectivity index (χ4n) is 2.40. The predicted octanol–water partition coefficient (Wildman–Crippen LogP) is 1.59. The first-order chi connectivity index (χ1) is 9.47. The highest BCUT2D eigenvalue weighted by Gasteiger charge is 2.40. The van der Waals surface area contributed by atoms with Gasteiger partial charge in [0.05, 0.1) is 17.9 Å². The van der Waals surface area contributed by atoms with Crippen LogP contribution in [0.15, 0.2) is 24.3 Å². The molecule has 0 heterocycles. The maximum atomic E-state index is 12.7. The van der Waals surface area contributed by atoms with Crippen LogP contribution in [-0.2, 0) is 9.59 Å². The number of carbonyl (C=O) groups is 2. The van der Waals surface area contributed by atoms with Crippen LogP contribution in [0, 0.1) is 17.7 Å². The molecule has 1 fully saturated rings. The number of ether oxygens (including phenoxy) is 1. The molecule has 0 spiro atoms. The minimum absolute atomic E-state index is 0.0402. The number of rotatable bonds is 3. The van der Waals surface area contributed by atoms with E-state index in [4.69, 9.17) is 9.84 Å². The topological polar surface area (TPSA) is 83.8 Å². The lowest BCUT2D eigenvalue weighted by atomic mass is 9.78. The molecule has 0 unspecified atom stereocenters. The Labute approximate surface area is 115 Å². The average Bonchev–Trinajstić information content (AvgIpc) is 2.41. The Morgan fingerprint density at radius 1 is 1.15 bits per heavy atom. The Bertz CT molecular complexity index is 499. The summed E-state index contributed by atoms with van der Waals surface area (Å²) in [5.41, 5.74) is 0. The van der Waals surface area contributed by atoms with Crippen LogP contribution in [0.4, 0.5) is 4.39 Å². The van der Waals surface area contributed by atoms with Gasteiger partial charge in [-0.15, -0.1) is 0 Å². The third-order valence-corrected chi connectivity index (χ3v) is 3.47. The molecule has 5 nitrogen and oxygen atoms in total. The van der Waals surface area contributed by atoms with Gasteiger partial charge in [0.15, 0.2) is 0 Å². The second-order valence-electron chi connectivity index (χ2n) is 4.89. The molecule has 1 aromatic rings. The summed E-state index contributed by atoms with van der Waals surface area (Å²) in [5, 5.41) is 18.6. The van der Waals surface area contributed by atoms with Gasteiger partial charge in [-0.1, -0.05) is 0 Å². The lowest BCUT2D eigenvalue weighted by Crippen LogP contribution is -2.39. The Balaban J connectivity index is 2.06. The fraction of sp³-hybridized carbons (Fsp3) is 0.429. The molecule has 2 N–H and O–H groups in total. The van der Waals surface area contributed by atoms with Crippen molar-refractivity contribution >= 4 is 11.9 Å². The van der Waals surface area contributed by atoms with Crippen LogP contribution in [0.3, 0.4) is 0 Å². The van der Waals surface area contributed by atoms with Crippen molar-refractivity contribution in [2.45, 2.75) is 25.4 Å². The van der Waals surface area contributed by atoms with Gasteiger partial charge in [-0.2, -0.15) is 0 Å². The van der Waals surface area contributed by atoms with Crippen molar-refractivity contribution in [2.24, 2.45) is 11.8 Å². The van der Waals surface area contributed by atoms with Gasteiger partial charge < -0.3 is 14.9 Å². The number of aliphatic carboxylic acids is 1. The molecule has 0 radical (unpaired) electrons. The first-order valence-corrected chi connectivity index (χ1v) is 6.35. The largest absolute Gasteiger partial charge is 0.481 e. The first-order valence-electron chi connectivity index (χ1n) is 6.35. The van der Waals surface area contributed by atoms with Crippen molar-refractivity contribution < 1.29 is 28.9 Å². The summed E-state index contributed by atoms with van der Waals surface area (Å²) in [6.07, 6.45) is -0.0325. The summed E-state index contributed by atoms with van der Waals surface area (Å²) in [6.45, 7) is 0. The molecule has 0 amide bonds. The van der Waals surface area contributed by atoms with Crippen LogP contribution >= 0.6 is 0 Å². The predicted molar refractivity (Wildman–Crippen MR) is 66.5 cm³/mol. The number of hydrogen-bond donors (Lipinski definition) is 2. The first kappa shape index (κ1) is 14.5. The van der Waals surface area contributed by atoms with Gasteiger partial charge in [-0.05, 0) is 43.5 Å². The van der Waals surface area contributed by atoms with E-state index < -0.39 is 35.7 Å². The van der Waals surface area contributed by atoms with Crippen LogP contribution in [0.1, 0.15) is 19.3 Å². The van der Waals surface area contributed by atoms with Crippen molar-refractivity contribution in [1.29, 1.82) is 0 Å². The highest BCUT2D eigenvalue weighted by atomic mass is 19.1. The Morgan fingerprint density at radius 2 is 1.80 bits per heavy atom. The van der Waals surface area contributed by atoms with E-state index in [-0.39, 0.29) is 18.6 Å². The standard InChI is InChI=1S/C14H15FO5/c15-8-1-4-10(5-2-8)20-14(19)11-6-3-9(16)7-12(11)13(17)18/h1-2,4-5,9,11-12,16H,3,6-7H2,(H,17,18)/t9-,11-,12+/m0/s1. The number of hydrogen-bond acceptors (Lipinski definition) is 4. The number of halogens is 1. The van der Waals surface area contributed by atoms with Gasteiger partial charge in [0.1, 0.15) is 11.6 Å². The number of carboxylic acid groups (broad SMARTS) is 1. The van der Waals surface area contributed by atoms with E-state index in [0.29, 0.717) is 6.42 Å². The average molecular weight is 282 g/mol. The molecule has 3 atom stereocenters. The lowest BCUT2D eigenvalue weighted by molar-refractivity contribution is -0.156. The van der Waals surface area contributed by atoms with Crippen molar-refractivity contribution in [3.05, 3.63) is 30.1 Å². The SMILES string of the molecule is O=C(Oc1ccc(F)cc1)[C@H]1CC[C@H](O)C[C@H]1C(=O)O. The van der Waals surface area contributed by atoms with E-state index in [1.807, 2.05) is 0 Å². The summed E-state index contributed by atoms with van der Waals surface area (Å²) in [4.78, 5) is 23.2. The highest BCUT2D eigenvalue weighted by molar-refractivity contribution is 5.82. The van der Waals surface area contributed by atoms with Crippen LogP contribution < -0.4 is 4.74 Å².